The fourth-order valence-electron chi connectivity index (χ4n) is 2.28. The van der Waals surface area contributed by atoms with Crippen LogP contribution in [0, 0.1) is 0 Å². The standard InChI is InChI=1S/C12H16N2O/c1-15-12-7-14(8-12)11-3-2-9-5-13-6-10(9)4-11/h2-4,12-13H,5-8H2,1H3. The fraction of sp³-hybridized carbons (Fsp3) is 0.500. The lowest BCUT2D eigenvalue weighted by Crippen LogP contribution is -2.51. The molecule has 1 fully saturated rings. The van der Waals surface area contributed by atoms with Crippen molar-refractivity contribution in [3.05, 3.63) is 29.3 Å². The van der Waals surface area contributed by atoms with E-state index in [0.29, 0.717) is 6.10 Å². The van der Waals surface area contributed by atoms with Crippen LogP contribution in [-0.2, 0) is 17.8 Å². The van der Waals surface area contributed by atoms with Crippen LogP contribution in [0.4, 0.5) is 5.69 Å². The predicted molar refractivity (Wildman–Crippen MR) is 60.0 cm³/mol. The second-order valence-electron chi connectivity index (χ2n) is 4.32. The monoisotopic (exact) mass is 204 g/mol. The lowest BCUT2D eigenvalue weighted by atomic mass is 10.1. The summed E-state index contributed by atoms with van der Waals surface area (Å²) in [6, 6.07) is 6.77. The van der Waals surface area contributed by atoms with Gasteiger partial charge in [-0.25, -0.2) is 0 Å². The van der Waals surface area contributed by atoms with Crippen molar-refractivity contribution >= 4 is 5.69 Å². The van der Waals surface area contributed by atoms with E-state index in [0.717, 1.165) is 26.2 Å². The molecule has 0 atom stereocenters. The number of anilines is 1. The Bertz CT molecular complexity index is 372. The number of fused-ring (bicyclic) bond motifs is 1. The summed E-state index contributed by atoms with van der Waals surface area (Å²) in [5.74, 6) is 0. The van der Waals surface area contributed by atoms with E-state index in [-0.39, 0.29) is 0 Å². The second kappa shape index (κ2) is 3.51. The third-order valence-electron chi connectivity index (χ3n) is 3.37. The minimum atomic E-state index is 0.427. The minimum Gasteiger partial charge on any atom is -0.378 e. The molecule has 3 rings (SSSR count). The Morgan fingerprint density at radius 2 is 2.07 bits per heavy atom. The first-order valence-electron chi connectivity index (χ1n) is 5.47. The number of methoxy groups -OCH3 is 1. The van der Waals surface area contributed by atoms with Crippen LogP contribution in [0.1, 0.15) is 11.1 Å². The van der Waals surface area contributed by atoms with E-state index >= 15 is 0 Å². The van der Waals surface area contributed by atoms with Crippen molar-refractivity contribution in [2.75, 3.05) is 25.1 Å². The summed E-state index contributed by atoms with van der Waals surface area (Å²) < 4.78 is 5.28. The first-order chi connectivity index (χ1) is 7.36. The van der Waals surface area contributed by atoms with E-state index in [1.54, 1.807) is 7.11 Å². The van der Waals surface area contributed by atoms with Crippen molar-refractivity contribution in [1.29, 1.82) is 0 Å². The van der Waals surface area contributed by atoms with Crippen LogP contribution in [0.5, 0.6) is 0 Å². The van der Waals surface area contributed by atoms with E-state index in [4.69, 9.17) is 4.74 Å². The number of rotatable bonds is 2. The summed E-state index contributed by atoms with van der Waals surface area (Å²) in [6.07, 6.45) is 0.427. The Balaban J connectivity index is 1.77. The van der Waals surface area contributed by atoms with Gasteiger partial charge in [-0.05, 0) is 23.3 Å². The van der Waals surface area contributed by atoms with Gasteiger partial charge in [0.1, 0.15) is 0 Å². The van der Waals surface area contributed by atoms with E-state index in [2.05, 4.69) is 28.4 Å². The van der Waals surface area contributed by atoms with E-state index in [1.165, 1.54) is 16.8 Å². The molecule has 2 aliphatic rings. The normalized spacial score (nSPS) is 20.2. The highest BCUT2D eigenvalue weighted by atomic mass is 16.5. The summed E-state index contributed by atoms with van der Waals surface area (Å²) in [4.78, 5) is 2.37. The molecule has 3 nitrogen and oxygen atoms in total. The molecular formula is C12H16N2O. The Labute approximate surface area is 90.0 Å². The van der Waals surface area contributed by atoms with Crippen LogP contribution in [0.25, 0.3) is 0 Å². The van der Waals surface area contributed by atoms with Crippen molar-refractivity contribution in [1.82, 2.24) is 5.32 Å². The second-order valence-corrected chi connectivity index (χ2v) is 4.32. The van der Waals surface area contributed by atoms with Crippen LogP contribution in [0.3, 0.4) is 0 Å². The first-order valence-corrected chi connectivity index (χ1v) is 5.47. The molecule has 1 aromatic carbocycles. The van der Waals surface area contributed by atoms with E-state index in [9.17, 15) is 0 Å². The molecule has 2 aliphatic heterocycles. The third kappa shape index (κ3) is 1.52. The van der Waals surface area contributed by atoms with Crippen molar-refractivity contribution < 1.29 is 4.74 Å². The molecule has 2 heterocycles. The van der Waals surface area contributed by atoms with Crippen LogP contribution in [0.2, 0.25) is 0 Å². The Morgan fingerprint density at radius 1 is 1.27 bits per heavy atom. The molecular weight excluding hydrogens is 188 g/mol. The topological polar surface area (TPSA) is 24.5 Å². The summed E-state index contributed by atoms with van der Waals surface area (Å²) in [6.45, 7) is 4.10. The smallest absolute Gasteiger partial charge is 0.0920 e. The molecule has 3 heteroatoms. The largest absolute Gasteiger partial charge is 0.378 e. The van der Waals surface area contributed by atoms with Gasteiger partial charge in [0.05, 0.1) is 6.10 Å². The zero-order valence-electron chi connectivity index (χ0n) is 8.99. The average molecular weight is 204 g/mol. The van der Waals surface area contributed by atoms with Gasteiger partial charge in [0.15, 0.2) is 0 Å². The molecule has 0 aliphatic carbocycles. The summed E-state index contributed by atoms with van der Waals surface area (Å²) in [5.41, 5.74) is 4.24. The maximum absolute atomic E-state index is 5.28. The molecule has 1 saturated heterocycles. The number of hydrogen-bond donors (Lipinski definition) is 1. The third-order valence-corrected chi connectivity index (χ3v) is 3.37. The summed E-state index contributed by atoms with van der Waals surface area (Å²) >= 11 is 0. The molecule has 0 radical (unpaired) electrons. The average Bonchev–Trinajstić information content (AvgIpc) is 2.63. The van der Waals surface area contributed by atoms with E-state index in [1.807, 2.05) is 0 Å². The van der Waals surface area contributed by atoms with Gasteiger partial charge in [-0.3, -0.25) is 0 Å². The van der Waals surface area contributed by atoms with Crippen molar-refractivity contribution in [2.45, 2.75) is 19.2 Å². The Morgan fingerprint density at radius 3 is 2.87 bits per heavy atom. The molecule has 0 amide bonds. The molecule has 1 N–H and O–H groups in total. The maximum Gasteiger partial charge on any atom is 0.0920 e. The fourth-order valence-corrected chi connectivity index (χ4v) is 2.28. The highest BCUT2D eigenvalue weighted by Crippen LogP contribution is 2.26. The van der Waals surface area contributed by atoms with Crippen LogP contribution in [0.15, 0.2) is 18.2 Å². The SMILES string of the molecule is COC1CN(c2ccc3c(c2)CNC3)C1. The predicted octanol–water partition coefficient (Wildman–Crippen LogP) is 1.12. The zero-order chi connectivity index (χ0) is 10.3. The number of nitrogens with one attached hydrogen (secondary N) is 1. The van der Waals surface area contributed by atoms with Gasteiger partial charge < -0.3 is 15.0 Å². The number of benzene rings is 1. The van der Waals surface area contributed by atoms with Gasteiger partial charge >= 0.3 is 0 Å². The molecule has 0 unspecified atom stereocenters. The Kier molecular flexibility index (Phi) is 2.15. The number of ether oxygens (including phenoxy) is 1. The molecule has 0 spiro atoms. The minimum absolute atomic E-state index is 0.427. The van der Waals surface area contributed by atoms with Gasteiger partial charge in [0, 0.05) is 39.0 Å². The van der Waals surface area contributed by atoms with Crippen molar-refractivity contribution in [3.63, 3.8) is 0 Å². The zero-order valence-corrected chi connectivity index (χ0v) is 8.99. The molecule has 1 aromatic rings. The van der Waals surface area contributed by atoms with Crippen LogP contribution < -0.4 is 10.2 Å². The number of hydrogen-bond acceptors (Lipinski definition) is 3. The van der Waals surface area contributed by atoms with Crippen molar-refractivity contribution in [2.24, 2.45) is 0 Å². The molecule has 80 valence electrons. The summed E-state index contributed by atoms with van der Waals surface area (Å²) in [5, 5.41) is 3.37. The molecule has 0 aromatic heterocycles. The lowest BCUT2D eigenvalue weighted by Gasteiger charge is -2.40. The molecule has 15 heavy (non-hydrogen) atoms. The first kappa shape index (κ1) is 9.19. The van der Waals surface area contributed by atoms with Gasteiger partial charge in [0.25, 0.3) is 0 Å². The quantitative estimate of drug-likeness (QED) is 0.781. The highest BCUT2D eigenvalue weighted by Gasteiger charge is 2.27. The maximum atomic E-state index is 5.28. The van der Waals surface area contributed by atoms with E-state index < -0.39 is 0 Å². The van der Waals surface area contributed by atoms with Gasteiger partial charge in [-0.15, -0.1) is 0 Å². The van der Waals surface area contributed by atoms with Gasteiger partial charge in [-0.1, -0.05) is 6.07 Å². The highest BCUT2D eigenvalue weighted by molar-refractivity contribution is 5.54. The van der Waals surface area contributed by atoms with Crippen LogP contribution >= 0.6 is 0 Å². The Hall–Kier alpha value is -1.06. The van der Waals surface area contributed by atoms with Crippen LogP contribution in [-0.4, -0.2) is 26.3 Å². The summed E-state index contributed by atoms with van der Waals surface area (Å²) in [7, 11) is 1.79. The van der Waals surface area contributed by atoms with Gasteiger partial charge in [0.2, 0.25) is 0 Å². The van der Waals surface area contributed by atoms with Gasteiger partial charge in [-0.2, -0.15) is 0 Å². The number of nitrogens with zero attached hydrogens (tertiary/aromatic N) is 1. The van der Waals surface area contributed by atoms with Crippen molar-refractivity contribution in [3.8, 4) is 0 Å². The molecule has 0 saturated carbocycles. The lowest BCUT2D eigenvalue weighted by molar-refractivity contribution is 0.0787. The molecule has 0 bridgehead atoms.